The van der Waals surface area contributed by atoms with Crippen molar-refractivity contribution in [3.05, 3.63) is 29.8 Å². The molecule has 5 heteroatoms. The van der Waals surface area contributed by atoms with Gasteiger partial charge in [0.05, 0.1) is 12.1 Å². The summed E-state index contributed by atoms with van der Waals surface area (Å²) in [4.78, 5) is 21.0. The zero-order valence-corrected chi connectivity index (χ0v) is 9.90. The molecule has 94 valence electrons. The Morgan fingerprint density at radius 2 is 2.11 bits per heavy atom. The van der Waals surface area contributed by atoms with Crippen LogP contribution in [0.1, 0.15) is 12.5 Å². The fraction of sp³-hybridized carbons (Fsp3) is 0.231. The number of hydrogen-bond acceptors (Lipinski definition) is 3. The lowest BCUT2D eigenvalue weighted by molar-refractivity contribution is -0.139. The molecule has 0 saturated carbocycles. The zero-order valence-electron chi connectivity index (χ0n) is 9.90. The molecule has 5 nitrogen and oxygen atoms in total. The maximum absolute atomic E-state index is 10.6. The molecule has 0 fully saturated rings. The summed E-state index contributed by atoms with van der Waals surface area (Å²) in [5.74, 6) is 4.78. The van der Waals surface area contributed by atoms with Crippen LogP contribution in [0.2, 0.25) is 0 Å². The average Bonchev–Trinajstić information content (AvgIpc) is 2.33. The molecule has 0 aliphatic rings. The second-order valence-corrected chi connectivity index (χ2v) is 3.39. The lowest BCUT2D eigenvalue weighted by Gasteiger charge is -2.04. The van der Waals surface area contributed by atoms with Crippen molar-refractivity contribution in [2.45, 2.75) is 6.92 Å². The third kappa shape index (κ3) is 5.03. The van der Waals surface area contributed by atoms with Crippen LogP contribution >= 0.6 is 0 Å². The predicted molar refractivity (Wildman–Crippen MR) is 65.1 cm³/mol. The van der Waals surface area contributed by atoms with Crippen molar-refractivity contribution >= 4 is 11.9 Å². The number of rotatable bonds is 4. The molecule has 0 bridgehead atoms. The van der Waals surface area contributed by atoms with Crippen LogP contribution in [0.5, 0.6) is 5.75 Å². The quantitative estimate of drug-likeness (QED) is 0.765. The molecule has 0 unspecified atom stereocenters. The summed E-state index contributed by atoms with van der Waals surface area (Å²) >= 11 is 0. The zero-order chi connectivity index (χ0) is 13.4. The van der Waals surface area contributed by atoms with Crippen LogP contribution in [0.4, 0.5) is 0 Å². The standard InChI is InChI=1S/C13H13NO4/c1-10(15)14-8-4-6-11-5-2-3-7-12(11)18-9-13(16)17/h2-3,5,7H,8-9H2,1H3,(H,14,15)(H,16,17). The largest absolute Gasteiger partial charge is 0.481 e. The summed E-state index contributed by atoms with van der Waals surface area (Å²) in [7, 11) is 0. The SMILES string of the molecule is CC(=O)NCC#Cc1ccccc1OCC(=O)O. The maximum Gasteiger partial charge on any atom is 0.341 e. The Hall–Kier alpha value is -2.48. The van der Waals surface area contributed by atoms with E-state index in [0.717, 1.165) is 0 Å². The summed E-state index contributed by atoms with van der Waals surface area (Å²) in [5.41, 5.74) is 0.587. The summed E-state index contributed by atoms with van der Waals surface area (Å²) in [6.45, 7) is 1.23. The van der Waals surface area contributed by atoms with Gasteiger partial charge in [-0.1, -0.05) is 24.0 Å². The Balaban J connectivity index is 2.69. The van der Waals surface area contributed by atoms with Gasteiger partial charge in [0.15, 0.2) is 6.61 Å². The lowest BCUT2D eigenvalue weighted by Crippen LogP contribution is -2.19. The normalized spacial score (nSPS) is 8.94. The molecule has 1 rings (SSSR count). The molecule has 0 aliphatic heterocycles. The minimum Gasteiger partial charge on any atom is -0.481 e. The number of ether oxygens (including phenoxy) is 1. The molecular formula is C13H13NO4. The number of aliphatic carboxylic acids is 1. The fourth-order valence-electron chi connectivity index (χ4n) is 1.14. The van der Waals surface area contributed by atoms with Gasteiger partial charge in [0.25, 0.3) is 0 Å². The van der Waals surface area contributed by atoms with Crippen LogP contribution in [0.25, 0.3) is 0 Å². The summed E-state index contributed by atoms with van der Waals surface area (Å²) in [5, 5.41) is 11.1. The number of benzene rings is 1. The Morgan fingerprint density at radius 3 is 2.78 bits per heavy atom. The molecule has 0 heterocycles. The monoisotopic (exact) mass is 247 g/mol. The van der Waals surface area contributed by atoms with Crippen molar-refractivity contribution in [3.63, 3.8) is 0 Å². The molecule has 0 spiro atoms. The predicted octanol–water partition coefficient (Wildman–Crippen LogP) is 0.638. The highest BCUT2D eigenvalue weighted by Gasteiger charge is 2.02. The molecule has 1 aromatic rings. The number of carboxylic acid groups (broad SMARTS) is 1. The van der Waals surface area contributed by atoms with E-state index in [4.69, 9.17) is 9.84 Å². The van der Waals surface area contributed by atoms with Crippen LogP contribution in [0.15, 0.2) is 24.3 Å². The summed E-state index contributed by atoms with van der Waals surface area (Å²) in [6.07, 6.45) is 0. The van der Waals surface area contributed by atoms with Crippen molar-refractivity contribution in [2.24, 2.45) is 0 Å². The highest BCUT2D eigenvalue weighted by Crippen LogP contribution is 2.16. The first kappa shape index (κ1) is 13.6. The number of carboxylic acids is 1. The molecule has 0 aliphatic carbocycles. The third-order valence-electron chi connectivity index (χ3n) is 1.89. The molecule has 0 radical (unpaired) electrons. The van der Waals surface area contributed by atoms with Crippen molar-refractivity contribution in [1.82, 2.24) is 5.32 Å². The van der Waals surface area contributed by atoms with Gasteiger partial charge >= 0.3 is 5.97 Å². The van der Waals surface area contributed by atoms with Crippen LogP contribution in [0.3, 0.4) is 0 Å². The topological polar surface area (TPSA) is 75.6 Å². The van der Waals surface area contributed by atoms with E-state index in [2.05, 4.69) is 17.2 Å². The van der Waals surface area contributed by atoms with E-state index in [-0.39, 0.29) is 12.5 Å². The number of nitrogens with one attached hydrogen (secondary N) is 1. The second kappa shape index (κ2) is 6.97. The lowest BCUT2D eigenvalue weighted by atomic mass is 10.2. The second-order valence-electron chi connectivity index (χ2n) is 3.39. The van der Waals surface area contributed by atoms with Crippen molar-refractivity contribution in [2.75, 3.05) is 13.2 Å². The molecule has 0 saturated heterocycles. The van der Waals surface area contributed by atoms with Crippen molar-refractivity contribution < 1.29 is 19.4 Å². The molecule has 18 heavy (non-hydrogen) atoms. The highest BCUT2D eigenvalue weighted by atomic mass is 16.5. The van der Waals surface area contributed by atoms with E-state index in [1.807, 2.05) is 0 Å². The molecular weight excluding hydrogens is 234 g/mol. The Morgan fingerprint density at radius 1 is 1.39 bits per heavy atom. The van der Waals surface area contributed by atoms with Gasteiger partial charge in [-0.15, -0.1) is 0 Å². The first-order valence-electron chi connectivity index (χ1n) is 5.26. The van der Waals surface area contributed by atoms with Gasteiger partial charge in [-0.3, -0.25) is 4.79 Å². The average molecular weight is 247 g/mol. The molecule has 0 aromatic heterocycles. The third-order valence-corrected chi connectivity index (χ3v) is 1.89. The Kier molecular flexibility index (Phi) is 5.26. The fourth-order valence-corrected chi connectivity index (χ4v) is 1.14. The highest BCUT2D eigenvalue weighted by molar-refractivity contribution is 5.73. The van der Waals surface area contributed by atoms with Crippen LogP contribution in [-0.4, -0.2) is 30.1 Å². The van der Waals surface area contributed by atoms with Gasteiger partial charge in [0.1, 0.15) is 5.75 Å². The van der Waals surface area contributed by atoms with E-state index in [1.165, 1.54) is 6.92 Å². The van der Waals surface area contributed by atoms with E-state index >= 15 is 0 Å². The first-order valence-corrected chi connectivity index (χ1v) is 5.26. The van der Waals surface area contributed by atoms with E-state index in [9.17, 15) is 9.59 Å². The van der Waals surface area contributed by atoms with Gasteiger partial charge in [0, 0.05) is 6.92 Å². The van der Waals surface area contributed by atoms with E-state index < -0.39 is 12.6 Å². The summed E-state index contributed by atoms with van der Waals surface area (Å²) in [6, 6.07) is 6.87. The van der Waals surface area contributed by atoms with Gasteiger partial charge < -0.3 is 15.2 Å². The molecule has 1 aromatic carbocycles. The first-order chi connectivity index (χ1) is 8.59. The number of hydrogen-bond donors (Lipinski definition) is 2. The van der Waals surface area contributed by atoms with Crippen LogP contribution in [0, 0.1) is 11.8 Å². The van der Waals surface area contributed by atoms with Gasteiger partial charge in [-0.05, 0) is 12.1 Å². The smallest absolute Gasteiger partial charge is 0.341 e. The molecule has 1 amide bonds. The maximum atomic E-state index is 10.6. The van der Waals surface area contributed by atoms with E-state index in [0.29, 0.717) is 11.3 Å². The van der Waals surface area contributed by atoms with Gasteiger partial charge in [-0.2, -0.15) is 0 Å². The molecule has 2 N–H and O–H groups in total. The number of para-hydroxylation sites is 1. The Labute approximate surface area is 105 Å². The van der Waals surface area contributed by atoms with Gasteiger partial charge in [0.2, 0.25) is 5.91 Å². The summed E-state index contributed by atoms with van der Waals surface area (Å²) < 4.78 is 5.09. The van der Waals surface area contributed by atoms with Crippen molar-refractivity contribution in [1.29, 1.82) is 0 Å². The number of carbonyl (C=O) groups excluding carboxylic acids is 1. The minimum absolute atomic E-state index is 0.153. The minimum atomic E-state index is -1.05. The Bertz CT molecular complexity index is 499. The van der Waals surface area contributed by atoms with Crippen molar-refractivity contribution in [3.8, 4) is 17.6 Å². The van der Waals surface area contributed by atoms with Gasteiger partial charge in [-0.25, -0.2) is 4.79 Å². The van der Waals surface area contributed by atoms with Crippen LogP contribution < -0.4 is 10.1 Å². The van der Waals surface area contributed by atoms with Crippen LogP contribution in [-0.2, 0) is 9.59 Å². The number of carbonyl (C=O) groups is 2. The van der Waals surface area contributed by atoms with E-state index in [1.54, 1.807) is 24.3 Å². The molecule has 0 atom stereocenters. The number of amides is 1.